The molecular formula is C6H12O6. The molecule has 0 heterocycles. The lowest BCUT2D eigenvalue weighted by molar-refractivity contribution is -0.136. The Bertz CT molecular complexity index is 138. The van der Waals surface area contributed by atoms with Gasteiger partial charge in [-0.15, -0.1) is 0 Å². The molecule has 5 N–H and O–H groups in total. The summed E-state index contributed by atoms with van der Waals surface area (Å²) in [6.07, 6.45) is -6.84. The zero-order valence-electron chi connectivity index (χ0n) is 6.24. The quantitative estimate of drug-likeness (QED) is 0.223. The molecule has 0 spiro atoms. The van der Waals surface area contributed by atoms with Gasteiger partial charge in [0.25, 0.3) is 0 Å². The minimum absolute atomic E-state index is 0.0258. The molecule has 6 heteroatoms. The molecule has 6 nitrogen and oxygen atoms in total. The first-order valence-corrected chi connectivity index (χ1v) is 3.33. The van der Waals surface area contributed by atoms with Crippen molar-refractivity contribution < 1.29 is 30.3 Å². The fraction of sp³-hybridized carbons (Fsp3) is 0.833. The van der Waals surface area contributed by atoms with Crippen LogP contribution in [0.2, 0.25) is 0 Å². The first-order chi connectivity index (χ1) is 5.54. The lowest BCUT2D eigenvalue weighted by Crippen LogP contribution is -2.46. The van der Waals surface area contributed by atoms with E-state index in [1.165, 1.54) is 0 Å². The largest absolute Gasteiger partial charge is 0.394 e. The van der Waals surface area contributed by atoms with Gasteiger partial charge in [0.1, 0.15) is 24.4 Å². The van der Waals surface area contributed by atoms with Crippen LogP contribution < -0.4 is 0 Å². The highest BCUT2D eigenvalue weighted by Gasteiger charge is 2.29. The highest BCUT2D eigenvalue weighted by molar-refractivity contribution is 5.56. The van der Waals surface area contributed by atoms with Gasteiger partial charge in [0.15, 0.2) is 6.29 Å². The predicted octanol–water partition coefficient (Wildman–Crippen LogP) is -3.38. The van der Waals surface area contributed by atoms with Crippen LogP contribution in [0.1, 0.15) is 0 Å². The predicted molar refractivity (Wildman–Crippen MR) is 37.2 cm³/mol. The molecule has 0 saturated carbocycles. The summed E-state index contributed by atoms with van der Waals surface area (Å²) in [7, 11) is 0. The Morgan fingerprint density at radius 2 is 1.58 bits per heavy atom. The summed E-state index contributed by atoms with van der Waals surface area (Å²) in [5.74, 6) is 0. The van der Waals surface area contributed by atoms with Gasteiger partial charge in [0.2, 0.25) is 0 Å². The van der Waals surface area contributed by atoms with Gasteiger partial charge < -0.3 is 30.3 Å². The van der Waals surface area contributed by atoms with Crippen LogP contribution in [0.15, 0.2) is 0 Å². The fourth-order valence-corrected chi connectivity index (χ4v) is 0.618. The van der Waals surface area contributed by atoms with E-state index in [2.05, 4.69) is 0 Å². The van der Waals surface area contributed by atoms with Gasteiger partial charge in [0.05, 0.1) is 6.61 Å². The first kappa shape index (κ1) is 11.5. The number of aliphatic hydroxyl groups is 5. The molecule has 0 aromatic rings. The first-order valence-electron chi connectivity index (χ1n) is 3.33. The summed E-state index contributed by atoms with van der Waals surface area (Å²) in [4.78, 5) is 9.90. The minimum Gasteiger partial charge on any atom is -0.394 e. The maximum atomic E-state index is 9.90. The van der Waals surface area contributed by atoms with Crippen LogP contribution in [-0.2, 0) is 4.79 Å². The summed E-state index contributed by atoms with van der Waals surface area (Å²) in [5.41, 5.74) is 0. The van der Waals surface area contributed by atoms with Gasteiger partial charge in [0, 0.05) is 0 Å². The van der Waals surface area contributed by atoms with E-state index in [4.69, 9.17) is 25.5 Å². The second kappa shape index (κ2) is 5.18. The Labute approximate surface area is 68.7 Å². The van der Waals surface area contributed by atoms with Crippen molar-refractivity contribution in [3.05, 3.63) is 0 Å². The molecule has 0 amide bonds. The SMILES string of the molecule is O=C[13C@@H](O)[C@H](O)[C@H](O)[C@@H](O)CO. The van der Waals surface area contributed by atoms with Gasteiger partial charge in [-0.05, 0) is 0 Å². The highest BCUT2D eigenvalue weighted by atomic mass is 16.4. The number of hydrogen-bond donors (Lipinski definition) is 5. The van der Waals surface area contributed by atoms with Crippen LogP contribution in [0.4, 0.5) is 0 Å². The molecule has 0 aromatic heterocycles. The van der Waals surface area contributed by atoms with E-state index >= 15 is 0 Å². The smallest absolute Gasteiger partial charge is 0.151 e. The van der Waals surface area contributed by atoms with Crippen molar-refractivity contribution in [2.75, 3.05) is 6.61 Å². The molecule has 0 fully saturated rings. The minimum atomic E-state index is -1.79. The van der Waals surface area contributed by atoms with Gasteiger partial charge in [-0.25, -0.2) is 0 Å². The molecule has 0 aliphatic carbocycles. The monoisotopic (exact) mass is 181 g/mol. The standard InChI is InChI=1S/C6H12O6/c7-1-3(9)5(11)6(12)4(10)2-8/h1,3-6,8-12H,2H2/t3-,4+,5+,6-/m1/s1/i3+1. The van der Waals surface area contributed by atoms with Crippen molar-refractivity contribution in [3.63, 3.8) is 0 Å². The number of hydrogen-bond acceptors (Lipinski definition) is 6. The Morgan fingerprint density at radius 3 is 1.92 bits per heavy atom. The number of carbonyl (C=O) groups is 1. The maximum Gasteiger partial charge on any atom is 0.151 e. The second-order valence-corrected chi connectivity index (χ2v) is 2.36. The fourth-order valence-electron chi connectivity index (χ4n) is 0.618. The molecule has 12 heavy (non-hydrogen) atoms. The zero-order valence-corrected chi connectivity index (χ0v) is 6.24. The molecule has 0 saturated heterocycles. The lowest BCUT2D eigenvalue weighted by atomic mass is 10.1. The molecule has 0 aliphatic heterocycles. The van der Waals surface area contributed by atoms with Crippen molar-refractivity contribution in [1.29, 1.82) is 0 Å². The average Bonchev–Trinajstić information content (AvgIpc) is 2.12. The van der Waals surface area contributed by atoms with E-state index < -0.39 is 31.0 Å². The van der Waals surface area contributed by atoms with E-state index in [0.717, 1.165) is 0 Å². The molecule has 0 unspecified atom stereocenters. The van der Waals surface area contributed by atoms with Crippen LogP contribution in [-0.4, -0.2) is 62.8 Å². The topological polar surface area (TPSA) is 118 Å². The van der Waals surface area contributed by atoms with Crippen molar-refractivity contribution in [2.45, 2.75) is 24.4 Å². The third-order valence-corrected chi connectivity index (χ3v) is 1.42. The van der Waals surface area contributed by atoms with Crippen LogP contribution >= 0.6 is 0 Å². The normalized spacial score (nSPS) is 21.1. The maximum absolute atomic E-state index is 9.90. The van der Waals surface area contributed by atoms with E-state index in [0.29, 0.717) is 0 Å². The summed E-state index contributed by atoms with van der Waals surface area (Å²) in [5, 5.41) is 43.5. The third-order valence-electron chi connectivity index (χ3n) is 1.42. The average molecular weight is 181 g/mol. The summed E-state index contributed by atoms with van der Waals surface area (Å²) in [6.45, 7) is -0.760. The summed E-state index contributed by atoms with van der Waals surface area (Å²) < 4.78 is 0. The number of carbonyl (C=O) groups excluding carboxylic acids is 1. The summed E-state index contributed by atoms with van der Waals surface area (Å²) in [6, 6.07) is 0. The number of aliphatic hydroxyl groups excluding tert-OH is 5. The molecular weight excluding hydrogens is 169 g/mol. The summed E-state index contributed by atoms with van der Waals surface area (Å²) >= 11 is 0. The van der Waals surface area contributed by atoms with Crippen LogP contribution in [0.25, 0.3) is 0 Å². The van der Waals surface area contributed by atoms with E-state index in [1.54, 1.807) is 0 Å². The van der Waals surface area contributed by atoms with E-state index in [1.807, 2.05) is 0 Å². The molecule has 0 aromatic carbocycles. The number of rotatable bonds is 5. The van der Waals surface area contributed by atoms with Gasteiger partial charge in [-0.3, -0.25) is 0 Å². The Hall–Kier alpha value is -0.530. The van der Waals surface area contributed by atoms with Crippen LogP contribution in [0, 0.1) is 0 Å². The zero-order chi connectivity index (χ0) is 9.72. The molecule has 0 radical (unpaired) electrons. The third kappa shape index (κ3) is 2.84. The molecule has 0 aliphatic rings. The van der Waals surface area contributed by atoms with Gasteiger partial charge >= 0.3 is 0 Å². The Morgan fingerprint density at radius 1 is 1.08 bits per heavy atom. The molecule has 72 valence electrons. The molecule has 0 rings (SSSR count). The Balaban J connectivity index is 4.07. The van der Waals surface area contributed by atoms with Crippen LogP contribution in [0.3, 0.4) is 0 Å². The van der Waals surface area contributed by atoms with Crippen molar-refractivity contribution in [3.8, 4) is 0 Å². The second-order valence-electron chi connectivity index (χ2n) is 2.36. The highest BCUT2D eigenvalue weighted by Crippen LogP contribution is 2.02. The van der Waals surface area contributed by atoms with Crippen molar-refractivity contribution in [2.24, 2.45) is 0 Å². The van der Waals surface area contributed by atoms with Crippen LogP contribution in [0.5, 0.6) is 0 Å². The van der Waals surface area contributed by atoms with E-state index in [9.17, 15) is 4.79 Å². The van der Waals surface area contributed by atoms with Gasteiger partial charge in [-0.1, -0.05) is 0 Å². The Kier molecular flexibility index (Phi) is 4.95. The van der Waals surface area contributed by atoms with Gasteiger partial charge in [-0.2, -0.15) is 0 Å². The number of aldehydes is 1. The molecule has 0 bridgehead atoms. The van der Waals surface area contributed by atoms with Crippen molar-refractivity contribution >= 4 is 6.29 Å². The lowest BCUT2D eigenvalue weighted by Gasteiger charge is -2.22. The molecule has 4 atom stereocenters. The van der Waals surface area contributed by atoms with Crippen molar-refractivity contribution in [1.82, 2.24) is 0 Å². The van der Waals surface area contributed by atoms with E-state index in [-0.39, 0.29) is 6.29 Å².